The minimum absolute atomic E-state index is 0.0392. The van der Waals surface area contributed by atoms with Crippen molar-refractivity contribution in [2.24, 2.45) is 0 Å². The monoisotopic (exact) mass is 385 g/mol. The number of rotatable bonds is 6. The Bertz CT molecular complexity index is 1020. The molecule has 1 aliphatic rings. The Labute approximate surface area is 156 Å². The van der Waals surface area contributed by atoms with E-state index in [1.165, 1.54) is 18.2 Å². The van der Waals surface area contributed by atoms with E-state index in [2.05, 4.69) is 0 Å². The highest BCUT2D eigenvalue weighted by molar-refractivity contribution is 6.21. The van der Waals surface area contributed by atoms with E-state index >= 15 is 0 Å². The number of amides is 2. The zero-order valence-corrected chi connectivity index (χ0v) is 14.1. The van der Waals surface area contributed by atoms with Gasteiger partial charge < -0.3 is 4.74 Å². The van der Waals surface area contributed by atoms with Crippen molar-refractivity contribution in [3.05, 3.63) is 79.4 Å². The van der Waals surface area contributed by atoms with Crippen LogP contribution in [0.4, 0.5) is 11.4 Å². The second-order valence-electron chi connectivity index (χ2n) is 5.69. The molecule has 0 fully saturated rings. The van der Waals surface area contributed by atoms with Crippen molar-refractivity contribution in [3.63, 3.8) is 0 Å². The van der Waals surface area contributed by atoms with Gasteiger partial charge in [0.1, 0.15) is 6.61 Å². The van der Waals surface area contributed by atoms with Gasteiger partial charge in [-0.25, -0.2) is 4.79 Å². The molecule has 0 saturated carbocycles. The lowest BCUT2D eigenvalue weighted by atomic mass is 10.1. The van der Waals surface area contributed by atoms with Gasteiger partial charge in [0, 0.05) is 24.3 Å². The standard InChI is InChI=1S/C17H11N3O8/c21-15-13-6-5-12(20(26)27)9-14(13)16(22)18(15)7-8-28-17(23)10-1-3-11(4-2-10)19(24)25/h1-6,9H,7-8H2. The molecule has 0 aromatic heterocycles. The van der Waals surface area contributed by atoms with E-state index in [4.69, 9.17) is 4.74 Å². The van der Waals surface area contributed by atoms with Crippen molar-refractivity contribution in [1.29, 1.82) is 0 Å². The number of carbonyl (C=O) groups is 3. The van der Waals surface area contributed by atoms with Crippen LogP contribution in [0, 0.1) is 20.2 Å². The van der Waals surface area contributed by atoms with Gasteiger partial charge in [-0.1, -0.05) is 0 Å². The number of esters is 1. The molecule has 0 radical (unpaired) electrons. The number of non-ortho nitro benzene ring substituents is 2. The van der Waals surface area contributed by atoms with Crippen LogP contribution in [0.1, 0.15) is 31.1 Å². The van der Waals surface area contributed by atoms with E-state index in [1.54, 1.807) is 0 Å². The predicted molar refractivity (Wildman–Crippen MR) is 91.8 cm³/mol. The van der Waals surface area contributed by atoms with Gasteiger partial charge in [-0.15, -0.1) is 0 Å². The summed E-state index contributed by atoms with van der Waals surface area (Å²) in [6, 6.07) is 8.10. The molecule has 11 nitrogen and oxygen atoms in total. The van der Waals surface area contributed by atoms with Crippen LogP contribution in [0.5, 0.6) is 0 Å². The largest absolute Gasteiger partial charge is 0.460 e. The fraction of sp³-hybridized carbons (Fsp3) is 0.118. The second kappa shape index (κ2) is 7.23. The van der Waals surface area contributed by atoms with Crippen LogP contribution in [0.2, 0.25) is 0 Å². The lowest BCUT2D eigenvalue weighted by Crippen LogP contribution is -2.33. The Morgan fingerprint density at radius 1 is 0.893 bits per heavy atom. The molecule has 11 heteroatoms. The van der Waals surface area contributed by atoms with Crippen LogP contribution in [-0.4, -0.2) is 45.7 Å². The van der Waals surface area contributed by atoms with Gasteiger partial charge in [0.05, 0.1) is 33.1 Å². The summed E-state index contributed by atoms with van der Waals surface area (Å²) in [6.07, 6.45) is 0. The van der Waals surface area contributed by atoms with Gasteiger partial charge in [-0.3, -0.25) is 34.7 Å². The summed E-state index contributed by atoms with van der Waals surface area (Å²) in [6.45, 7) is -0.539. The number of benzene rings is 2. The Balaban J connectivity index is 1.62. The summed E-state index contributed by atoms with van der Waals surface area (Å²) in [4.78, 5) is 57.5. The molecule has 0 atom stereocenters. The number of hydrogen-bond acceptors (Lipinski definition) is 8. The molecule has 3 rings (SSSR count). The quantitative estimate of drug-likeness (QED) is 0.317. The summed E-state index contributed by atoms with van der Waals surface area (Å²) in [5, 5.41) is 21.4. The van der Waals surface area contributed by atoms with Crippen molar-refractivity contribution in [2.45, 2.75) is 0 Å². The Morgan fingerprint density at radius 2 is 1.46 bits per heavy atom. The number of nitro groups is 2. The Morgan fingerprint density at radius 3 is 2.07 bits per heavy atom. The second-order valence-corrected chi connectivity index (χ2v) is 5.69. The highest BCUT2D eigenvalue weighted by Gasteiger charge is 2.36. The SMILES string of the molecule is O=C(OCCN1C(=O)c2ccc([N+](=O)[O-])cc2C1=O)c1ccc([N+](=O)[O-])cc1. The normalized spacial score (nSPS) is 12.6. The van der Waals surface area contributed by atoms with Gasteiger partial charge in [0.2, 0.25) is 0 Å². The number of nitrogens with zero attached hydrogens (tertiary/aromatic N) is 3. The fourth-order valence-corrected chi connectivity index (χ4v) is 2.63. The van der Waals surface area contributed by atoms with Crippen LogP contribution in [0.25, 0.3) is 0 Å². The molecule has 1 aliphatic heterocycles. The number of fused-ring (bicyclic) bond motifs is 1. The van der Waals surface area contributed by atoms with Gasteiger partial charge in [0.15, 0.2) is 0 Å². The van der Waals surface area contributed by atoms with Crippen LogP contribution < -0.4 is 0 Å². The Hall–Kier alpha value is -4.15. The first-order valence-corrected chi connectivity index (χ1v) is 7.86. The number of imide groups is 1. The average Bonchev–Trinajstić information content (AvgIpc) is 2.92. The average molecular weight is 385 g/mol. The van der Waals surface area contributed by atoms with Gasteiger partial charge in [-0.2, -0.15) is 0 Å². The number of ether oxygens (including phenoxy) is 1. The predicted octanol–water partition coefficient (Wildman–Crippen LogP) is 1.96. The molecule has 0 spiro atoms. The molecule has 0 bridgehead atoms. The van der Waals surface area contributed by atoms with Crippen LogP contribution >= 0.6 is 0 Å². The molecule has 0 aliphatic carbocycles. The maximum Gasteiger partial charge on any atom is 0.338 e. The molecule has 2 aromatic carbocycles. The van der Waals surface area contributed by atoms with E-state index in [0.717, 1.165) is 29.2 Å². The summed E-state index contributed by atoms with van der Waals surface area (Å²) in [5.41, 5.74) is -0.468. The molecular weight excluding hydrogens is 374 g/mol. The van der Waals surface area contributed by atoms with Gasteiger partial charge in [0.25, 0.3) is 23.2 Å². The van der Waals surface area contributed by atoms with E-state index in [0.29, 0.717) is 0 Å². The van der Waals surface area contributed by atoms with E-state index in [1.807, 2.05) is 0 Å². The Kier molecular flexibility index (Phi) is 4.81. The topological polar surface area (TPSA) is 150 Å². The zero-order chi connectivity index (χ0) is 20.4. The molecule has 142 valence electrons. The van der Waals surface area contributed by atoms with Gasteiger partial charge >= 0.3 is 5.97 Å². The maximum atomic E-state index is 12.3. The first-order chi connectivity index (χ1) is 13.3. The molecule has 2 aromatic rings. The highest BCUT2D eigenvalue weighted by atomic mass is 16.6. The van der Waals surface area contributed by atoms with Gasteiger partial charge in [-0.05, 0) is 18.2 Å². The molecule has 28 heavy (non-hydrogen) atoms. The lowest BCUT2D eigenvalue weighted by Gasteiger charge is -2.13. The van der Waals surface area contributed by atoms with E-state index in [-0.39, 0.29) is 41.2 Å². The number of hydrogen-bond donors (Lipinski definition) is 0. The molecule has 0 N–H and O–H groups in total. The third kappa shape index (κ3) is 3.40. The number of nitro benzene ring substituents is 2. The van der Waals surface area contributed by atoms with E-state index in [9.17, 15) is 34.6 Å². The molecule has 2 amide bonds. The smallest absolute Gasteiger partial charge is 0.338 e. The van der Waals surface area contributed by atoms with Crippen molar-refractivity contribution in [2.75, 3.05) is 13.2 Å². The zero-order valence-electron chi connectivity index (χ0n) is 14.1. The summed E-state index contributed by atoms with van der Waals surface area (Å²) >= 11 is 0. The summed E-state index contributed by atoms with van der Waals surface area (Å²) < 4.78 is 4.98. The first-order valence-electron chi connectivity index (χ1n) is 7.86. The minimum atomic E-state index is -0.776. The third-order valence-corrected chi connectivity index (χ3v) is 4.03. The van der Waals surface area contributed by atoms with Crippen LogP contribution in [0.3, 0.4) is 0 Å². The van der Waals surface area contributed by atoms with Crippen molar-refractivity contribution in [3.8, 4) is 0 Å². The minimum Gasteiger partial charge on any atom is -0.460 e. The van der Waals surface area contributed by atoms with Crippen molar-refractivity contribution in [1.82, 2.24) is 4.90 Å². The molecule has 0 saturated heterocycles. The molecular formula is C17H11N3O8. The van der Waals surface area contributed by atoms with Crippen molar-refractivity contribution >= 4 is 29.2 Å². The van der Waals surface area contributed by atoms with Crippen LogP contribution in [0.15, 0.2) is 42.5 Å². The van der Waals surface area contributed by atoms with Crippen molar-refractivity contribution < 1.29 is 29.0 Å². The number of carbonyl (C=O) groups excluding carboxylic acids is 3. The van der Waals surface area contributed by atoms with Crippen LogP contribution in [-0.2, 0) is 4.74 Å². The summed E-state index contributed by atoms with van der Waals surface area (Å²) in [7, 11) is 0. The van der Waals surface area contributed by atoms with E-state index < -0.39 is 27.6 Å². The molecule has 0 unspecified atom stereocenters. The summed E-state index contributed by atoms with van der Waals surface area (Å²) in [5.74, 6) is -2.13. The first kappa shape index (κ1) is 18.6. The third-order valence-electron chi connectivity index (χ3n) is 4.03. The maximum absolute atomic E-state index is 12.3. The lowest BCUT2D eigenvalue weighted by molar-refractivity contribution is -0.385. The fourth-order valence-electron chi connectivity index (χ4n) is 2.63. The highest BCUT2D eigenvalue weighted by Crippen LogP contribution is 2.26. The molecule has 1 heterocycles.